The number of carbonyl (C=O) groups excluding carboxylic acids is 2. The van der Waals surface area contributed by atoms with Crippen molar-refractivity contribution in [3.05, 3.63) is 68.5 Å². The van der Waals surface area contributed by atoms with Crippen LogP contribution in [0.3, 0.4) is 0 Å². The minimum atomic E-state index is -1.06. The molecule has 3 atom stereocenters. The molecule has 0 saturated heterocycles. The van der Waals surface area contributed by atoms with Gasteiger partial charge in [0.2, 0.25) is 6.79 Å². The van der Waals surface area contributed by atoms with Gasteiger partial charge in [-0.3, -0.25) is 9.69 Å². The molecule has 3 heterocycles. The maximum absolute atomic E-state index is 13.3. The molecule has 0 bridgehead atoms. The SMILES string of the molecule is CCCC[C@@H](COC(=O)N(Cc1ccsc1)C(C)c1ccsc1)NC(=O)N[C@@H](CC(=O)O)c1ccc2c(c1)OCO2. The molecule has 0 fully saturated rings. The summed E-state index contributed by atoms with van der Waals surface area (Å²) in [5, 5.41) is 23.1. The second-order valence-corrected chi connectivity index (χ2v) is 11.3. The lowest BCUT2D eigenvalue weighted by atomic mass is 10.0. The lowest BCUT2D eigenvalue weighted by Crippen LogP contribution is -2.46. The summed E-state index contributed by atoms with van der Waals surface area (Å²) in [7, 11) is 0. The molecule has 0 aliphatic carbocycles. The average molecular weight is 602 g/mol. The fourth-order valence-electron chi connectivity index (χ4n) is 4.48. The van der Waals surface area contributed by atoms with Gasteiger partial charge in [-0.25, -0.2) is 9.59 Å². The molecule has 3 amide bonds. The van der Waals surface area contributed by atoms with Crippen molar-refractivity contribution < 1.29 is 33.7 Å². The highest BCUT2D eigenvalue weighted by Crippen LogP contribution is 2.35. The molecule has 0 saturated carbocycles. The number of urea groups is 1. The van der Waals surface area contributed by atoms with Crippen LogP contribution in [0, 0.1) is 0 Å². The van der Waals surface area contributed by atoms with Gasteiger partial charge in [0.15, 0.2) is 11.5 Å². The third-order valence-electron chi connectivity index (χ3n) is 6.79. The Labute approximate surface area is 247 Å². The fraction of sp³-hybridized carbons (Fsp3) is 0.414. The molecular weight excluding hydrogens is 566 g/mol. The molecule has 4 rings (SSSR count). The Kier molecular flexibility index (Phi) is 10.9. The number of carboxylic acid groups (broad SMARTS) is 1. The molecule has 3 N–H and O–H groups in total. The van der Waals surface area contributed by atoms with Gasteiger partial charge in [0, 0.05) is 0 Å². The number of fused-ring (bicyclic) bond motifs is 1. The van der Waals surface area contributed by atoms with E-state index < -0.39 is 30.2 Å². The molecule has 220 valence electrons. The lowest BCUT2D eigenvalue weighted by molar-refractivity contribution is -0.137. The normalized spacial score (nSPS) is 14.1. The molecule has 10 nitrogen and oxygen atoms in total. The highest BCUT2D eigenvalue weighted by Gasteiger charge is 2.26. The van der Waals surface area contributed by atoms with Crippen molar-refractivity contribution in [1.29, 1.82) is 0 Å². The van der Waals surface area contributed by atoms with E-state index >= 15 is 0 Å². The molecule has 2 aromatic heterocycles. The van der Waals surface area contributed by atoms with Crippen LogP contribution >= 0.6 is 22.7 Å². The maximum Gasteiger partial charge on any atom is 0.410 e. The van der Waals surface area contributed by atoms with Crippen LogP contribution in [0.1, 0.15) is 68.3 Å². The summed E-state index contributed by atoms with van der Waals surface area (Å²) in [5.74, 6) is 0.00137. The Morgan fingerprint density at radius 1 is 1.05 bits per heavy atom. The third kappa shape index (κ3) is 8.61. The summed E-state index contributed by atoms with van der Waals surface area (Å²) >= 11 is 3.14. The number of ether oxygens (including phenoxy) is 3. The Morgan fingerprint density at radius 3 is 2.54 bits per heavy atom. The number of nitrogens with zero attached hydrogens (tertiary/aromatic N) is 1. The Bertz CT molecular complexity index is 1280. The zero-order valence-electron chi connectivity index (χ0n) is 23.0. The highest BCUT2D eigenvalue weighted by molar-refractivity contribution is 7.08. The predicted octanol–water partition coefficient (Wildman–Crippen LogP) is 6.31. The summed E-state index contributed by atoms with van der Waals surface area (Å²) in [5.41, 5.74) is 2.62. The molecule has 0 radical (unpaired) electrons. The summed E-state index contributed by atoms with van der Waals surface area (Å²) in [6.07, 6.45) is 1.51. The number of hydrogen-bond acceptors (Lipinski definition) is 8. The van der Waals surface area contributed by atoms with Gasteiger partial charge in [0.25, 0.3) is 0 Å². The predicted molar refractivity (Wildman–Crippen MR) is 156 cm³/mol. The van der Waals surface area contributed by atoms with Crippen LogP contribution in [0.5, 0.6) is 11.5 Å². The van der Waals surface area contributed by atoms with Gasteiger partial charge in [0.05, 0.1) is 31.1 Å². The smallest absolute Gasteiger partial charge is 0.410 e. The Hall–Kier alpha value is -3.77. The third-order valence-corrected chi connectivity index (χ3v) is 8.23. The molecule has 1 unspecified atom stereocenters. The number of nitrogens with one attached hydrogen (secondary N) is 2. The second kappa shape index (κ2) is 14.7. The van der Waals surface area contributed by atoms with Crippen molar-refractivity contribution >= 4 is 40.8 Å². The summed E-state index contributed by atoms with van der Waals surface area (Å²) < 4.78 is 16.5. The molecule has 1 aliphatic rings. The maximum atomic E-state index is 13.3. The van der Waals surface area contributed by atoms with Crippen LogP contribution in [0.4, 0.5) is 9.59 Å². The first-order chi connectivity index (χ1) is 19.8. The van der Waals surface area contributed by atoms with Crippen LogP contribution < -0.4 is 20.1 Å². The van der Waals surface area contributed by atoms with Crippen molar-refractivity contribution in [2.75, 3.05) is 13.4 Å². The van der Waals surface area contributed by atoms with Crippen molar-refractivity contribution in [3.63, 3.8) is 0 Å². The van der Waals surface area contributed by atoms with Crippen LogP contribution in [-0.2, 0) is 16.1 Å². The number of rotatable bonds is 14. The number of thiophene rings is 2. The number of hydrogen-bond donors (Lipinski definition) is 3. The van der Waals surface area contributed by atoms with Crippen LogP contribution in [0.2, 0.25) is 0 Å². The van der Waals surface area contributed by atoms with E-state index in [1.165, 1.54) is 0 Å². The van der Waals surface area contributed by atoms with Gasteiger partial charge < -0.3 is 30.0 Å². The van der Waals surface area contributed by atoms with E-state index in [4.69, 9.17) is 14.2 Å². The van der Waals surface area contributed by atoms with E-state index in [0.717, 1.165) is 24.0 Å². The first-order valence-corrected chi connectivity index (χ1v) is 15.4. The number of aliphatic carboxylic acids is 1. The molecule has 1 aliphatic heterocycles. The number of amides is 3. The van der Waals surface area contributed by atoms with Crippen LogP contribution in [0.15, 0.2) is 51.9 Å². The standard InChI is InChI=1S/C29H35N3O7S2/c1-3-4-5-23(15-37-29(36)32(14-20-8-10-40-16-20)19(2)22-9-11-41-17-22)30-28(35)31-24(13-27(33)34)21-6-7-25-26(12-21)39-18-38-25/h6-12,16-17,19,23-24H,3-5,13-15,18H2,1-2H3,(H,33,34)(H2,30,31,35)/t19?,23-,24-/m0/s1. The zero-order valence-corrected chi connectivity index (χ0v) is 24.7. The van der Waals surface area contributed by atoms with Gasteiger partial charge in [-0.05, 0) is 75.8 Å². The van der Waals surface area contributed by atoms with Gasteiger partial charge in [0.1, 0.15) is 6.61 Å². The lowest BCUT2D eigenvalue weighted by Gasteiger charge is -2.29. The minimum absolute atomic E-state index is 0.0175. The first-order valence-electron chi connectivity index (χ1n) is 13.5. The summed E-state index contributed by atoms with van der Waals surface area (Å²) in [4.78, 5) is 39.6. The topological polar surface area (TPSA) is 126 Å². The zero-order chi connectivity index (χ0) is 29.2. The number of carbonyl (C=O) groups is 3. The molecule has 3 aromatic rings. The van der Waals surface area contributed by atoms with Crippen molar-refractivity contribution in [3.8, 4) is 11.5 Å². The summed E-state index contributed by atoms with van der Waals surface area (Å²) in [6, 6.07) is 7.03. The number of carboxylic acids is 1. The van der Waals surface area contributed by atoms with Gasteiger partial charge in [-0.1, -0.05) is 25.8 Å². The molecule has 1 aromatic carbocycles. The van der Waals surface area contributed by atoms with Crippen molar-refractivity contribution in [1.82, 2.24) is 15.5 Å². The van der Waals surface area contributed by atoms with Crippen molar-refractivity contribution in [2.24, 2.45) is 0 Å². The van der Waals surface area contributed by atoms with E-state index in [-0.39, 0.29) is 25.9 Å². The Balaban J connectivity index is 1.40. The van der Waals surface area contributed by atoms with E-state index in [2.05, 4.69) is 10.6 Å². The monoisotopic (exact) mass is 601 g/mol. The largest absolute Gasteiger partial charge is 0.481 e. The second-order valence-electron chi connectivity index (χ2n) is 9.79. The molecule has 41 heavy (non-hydrogen) atoms. The van der Waals surface area contributed by atoms with E-state index in [1.807, 2.05) is 47.5 Å². The van der Waals surface area contributed by atoms with Gasteiger partial charge >= 0.3 is 18.1 Å². The van der Waals surface area contributed by atoms with Crippen molar-refractivity contribution in [2.45, 2.75) is 64.2 Å². The molecular formula is C29H35N3O7S2. The number of benzene rings is 1. The highest BCUT2D eigenvalue weighted by atomic mass is 32.1. The fourth-order valence-corrected chi connectivity index (χ4v) is 5.88. The molecule has 12 heteroatoms. The molecule has 0 spiro atoms. The summed E-state index contributed by atoms with van der Waals surface area (Å²) in [6.45, 7) is 4.48. The number of unbranched alkanes of at least 4 members (excludes halogenated alkanes) is 1. The van der Waals surface area contributed by atoms with Crippen LogP contribution in [-0.4, -0.2) is 47.5 Å². The average Bonchev–Trinajstić information content (AvgIpc) is 3.74. The van der Waals surface area contributed by atoms with Gasteiger partial charge in [-0.15, -0.1) is 0 Å². The first kappa shape index (κ1) is 30.2. The van der Waals surface area contributed by atoms with Crippen LogP contribution in [0.25, 0.3) is 0 Å². The van der Waals surface area contributed by atoms with E-state index in [1.54, 1.807) is 45.8 Å². The Morgan fingerprint density at radius 2 is 1.83 bits per heavy atom. The van der Waals surface area contributed by atoms with Gasteiger partial charge in [-0.2, -0.15) is 22.7 Å². The minimum Gasteiger partial charge on any atom is -0.481 e. The van der Waals surface area contributed by atoms with E-state index in [9.17, 15) is 19.5 Å². The van der Waals surface area contributed by atoms with E-state index in [0.29, 0.717) is 30.0 Å². The quantitative estimate of drug-likeness (QED) is 0.198.